The summed E-state index contributed by atoms with van der Waals surface area (Å²) >= 11 is 1.38. The Morgan fingerprint density at radius 1 is 1.39 bits per heavy atom. The lowest BCUT2D eigenvalue weighted by atomic mass is 10.1. The van der Waals surface area contributed by atoms with Crippen LogP contribution in [-0.2, 0) is 9.47 Å². The first-order valence-electron chi connectivity index (χ1n) is 7.44. The Bertz CT molecular complexity index is 608. The van der Waals surface area contributed by atoms with Gasteiger partial charge in [-0.15, -0.1) is 11.3 Å². The number of thiophene rings is 1. The molecule has 5 nitrogen and oxygen atoms in total. The van der Waals surface area contributed by atoms with Gasteiger partial charge in [-0.05, 0) is 33.8 Å². The van der Waals surface area contributed by atoms with Crippen molar-refractivity contribution in [2.24, 2.45) is 0 Å². The van der Waals surface area contributed by atoms with Crippen LogP contribution in [0.15, 0.2) is 6.07 Å². The summed E-state index contributed by atoms with van der Waals surface area (Å²) in [5, 5.41) is 0. The summed E-state index contributed by atoms with van der Waals surface area (Å²) < 4.78 is 24.0. The van der Waals surface area contributed by atoms with Gasteiger partial charge in [-0.3, -0.25) is 4.90 Å². The van der Waals surface area contributed by atoms with Gasteiger partial charge < -0.3 is 9.47 Å². The van der Waals surface area contributed by atoms with Crippen molar-refractivity contribution in [1.29, 1.82) is 0 Å². The standard InChI is InChI=1S/C16H22FNO4S/c1-9-11(14(19)21-5)7-13(23-9)12-6-10(17)8-18(12)15(20)22-16(2,3)4/h7,10,12H,6,8H2,1-5H3/t10-,12+/m1/s1. The van der Waals surface area contributed by atoms with Crippen LogP contribution in [0, 0.1) is 6.92 Å². The van der Waals surface area contributed by atoms with Crippen molar-refractivity contribution in [2.75, 3.05) is 13.7 Å². The predicted octanol–water partition coefficient (Wildman–Crippen LogP) is 3.86. The second-order valence-corrected chi connectivity index (χ2v) is 7.88. The molecule has 1 aromatic rings. The predicted molar refractivity (Wildman–Crippen MR) is 85.6 cm³/mol. The number of carbonyl (C=O) groups excluding carboxylic acids is 2. The number of halogens is 1. The van der Waals surface area contributed by atoms with Crippen molar-refractivity contribution >= 4 is 23.4 Å². The molecular weight excluding hydrogens is 321 g/mol. The van der Waals surface area contributed by atoms with Crippen LogP contribution >= 0.6 is 11.3 Å². The highest BCUT2D eigenvalue weighted by Crippen LogP contribution is 2.39. The molecule has 0 aliphatic carbocycles. The number of hydrogen-bond acceptors (Lipinski definition) is 5. The average molecular weight is 343 g/mol. The van der Waals surface area contributed by atoms with Crippen molar-refractivity contribution < 1.29 is 23.5 Å². The van der Waals surface area contributed by atoms with Crippen molar-refractivity contribution in [3.8, 4) is 0 Å². The lowest BCUT2D eigenvalue weighted by Gasteiger charge is -2.27. The van der Waals surface area contributed by atoms with E-state index in [-0.39, 0.29) is 13.0 Å². The summed E-state index contributed by atoms with van der Waals surface area (Å²) in [5.74, 6) is -0.427. The topological polar surface area (TPSA) is 55.8 Å². The van der Waals surface area contributed by atoms with Crippen LogP contribution < -0.4 is 0 Å². The highest BCUT2D eigenvalue weighted by molar-refractivity contribution is 7.12. The van der Waals surface area contributed by atoms with Gasteiger partial charge in [0.2, 0.25) is 0 Å². The second kappa shape index (κ2) is 6.47. The normalized spacial score (nSPS) is 21.4. The molecule has 0 spiro atoms. The lowest BCUT2D eigenvalue weighted by Crippen LogP contribution is -2.36. The van der Waals surface area contributed by atoms with Crippen molar-refractivity contribution in [3.05, 3.63) is 21.4 Å². The van der Waals surface area contributed by atoms with Gasteiger partial charge in [-0.1, -0.05) is 0 Å². The molecule has 128 valence electrons. The maximum atomic E-state index is 13.9. The van der Waals surface area contributed by atoms with E-state index in [2.05, 4.69) is 0 Å². The molecule has 1 aliphatic heterocycles. The fraction of sp³-hybridized carbons (Fsp3) is 0.625. The minimum atomic E-state index is -1.10. The summed E-state index contributed by atoms with van der Waals surface area (Å²) in [6.45, 7) is 7.12. The first-order valence-corrected chi connectivity index (χ1v) is 8.26. The molecule has 0 unspecified atom stereocenters. The van der Waals surface area contributed by atoms with E-state index in [1.165, 1.54) is 23.3 Å². The lowest BCUT2D eigenvalue weighted by molar-refractivity contribution is 0.0219. The summed E-state index contributed by atoms with van der Waals surface area (Å²) in [4.78, 5) is 27.0. The van der Waals surface area contributed by atoms with E-state index in [1.807, 2.05) is 0 Å². The number of esters is 1. The minimum absolute atomic E-state index is 0.00405. The third-order valence-electron chi connectivity index (χ3n) is 3.55. The van der Waals surface area contributed by atoms with E-state index >= 15 is 0 Å². The Morgan fingerprint density at radius 3 is 2.61 bits per heavy atom. The molecule has 1 amide bonds. The van der Waals surface area contributed by atoms with Gasteiger partial charge in [0, 0.05) is 16.2 Å². The first kappa shape index (κ1) is 17.7. The number of carbonyl (C=O) groups is 2. The summed E-state index contributed by atoms with van der Waals surface area (Å²) in [6, 6.07) is 1.27. The van der Waals surface area contributed by atoms with E-state index in [9.17, 15) is 14.0 Å². The molecule has 1 aromatic heterocycles. The molecule has 1 fully saturated rings. The van der Waals surface area contributed by atoms with Gasteiger partial charge >= 0.3 is 12.1 Å². The van der Waals surface area contributed by atoms with Crippen LogP contribution in [-0.4, -0.2) is 42.4 Å². The second-order valence-electron chi connectivity index (χ2n) is 6.59. The number of alkyl halides is 1. The van der Waals surface area contributed by atoms with E-state index in [4.69, 9.17) is 9.47 Å². The third kappa shape index (κ3) is 4.02. The zero-order valence-corrected chi connectivity index (χ0v) is 14.8. The Morgan fingerprint density at radius 2 is 2.04 bits per heavy atom. The zero-order valence-electron chi connectivity index (χ0n) is 14.0. The number of hydrogen-bond donors (Lipinski definition) is 0. The number of rotatable bonds is 2. The Labute approximate surface area is 139 Å². The monoisotopic (exact) mass is 343 g/mol. The molecule has 0 N–H and O–H groups in total. The number of aryl methyl sites for hydroxylation is 1. The smallest absolute Gasteiger partial charge is 0.410 e. The van der Waals surface area contributed by atoms with E-state index in [1.54, 1.807) is 33.8 Å². The number of amides is 1. The van der Waals surface area contributed by atoms with Gasteiger partial charge in [-0.25, -0.2) is 14.0 Å². The quantitative estimate of drug-likeness (QED) is 0.765. The van der Waals surface area contributed by atoms with Crippen LogP contribution in [0.25, 0.3) is 0 Å². The molecule has 2 heterocycles. The van der Waals surface area contributed by atoms with Crippen LogP contribution in [0.2, 0.25) is 0 Å². The average Bonchev–Trinajstić information content (AvgIpc) is 2.99. The molecular formula is C16H22FNO4S. The molecule has 1 aliphatic rings. The molecule has 2 rings (SSSR count). The maximum absolute atomic E-state index is 13.9. The molecule has 7 heteroatoms. The van der Waals surface area contributed by atoms with Crippen molar-refractivity contribution in [1.82, 2.24) is 4.90 Å². The molecule has 0 saturated carbocycles. The SMILES string of the molecule is COC(=O)c1cc([C@@H]2C[C@@H](F)CN2C(=O)OC(C)(C)C)sc1C. The minimum Gasteiger partial charge on any atom is -0.465 e. The van der Waals surface area contributed by atoms with Crippen LogP contribution in [0.3, 0.4) is 0 Å². The van der Waals surface area contributed by atoms with Gasteiger partial charge in [-0.2, -0.15) is 0 Å². The third-order valence-corrected chi connectivity index (χ3v) is 4.70. The van der Waals surface area contributed by atoms with Gasteiger partial charge in [0.1, 0.15) is 11.8 Å². The number of nitrogens with zero attached hydrogens (tertiary/aromatic N) is 1. The van der Waals surface area contributed by atoms with Crippen LogP contribution in [0.5, 0.6) is 0 Å². The number of methoxy groups -OCH3 is 1. The fourth-order valence-corrected chi connectivity index (χ4v) is 3.70. The van der Waals surface area contributed by atoms with E-state index in [0.29, 0.717) is 5.56 Å². The highest BCUT2D eigenvalue weighted by atomic mass is 32.1. The molecule has 1 saturated heterocycles. The molecule has 23 heavy (non-hydrogen) atoms. The van der Waals surface area contributed by atoms with Crippen molar-refractivity contribution in [2.45, 2.75) is 51.9 Å². The molecule has 2 atom stereocenters. The van der Waals surface area contributed by atoms with Crippen LogP contribution in [0.1, 0.15) is 53.3 Å². The summed E-state index contributed by atoms with van der Waals surface area (Å²) in [6.07, 6.45) is -1.43. The Hall–Kier alpha value is -1.63. The molecule has 0 radical (unpaired) electrons. The number of likely N-dealkylation sites (tertiary alicyclic amines) is 1. The van der Waals surface area contributed by atoms with Gasteiger partial charge in [0.05, 0.1) is 25.3 Å². The van der Waals surface area contributed by atoms with E-state index in [0.717, 1.165) is 9.75 Å². The first-order chi connectivity index (χ1) is 10.6. The van der Waals surface area contributed by atoms with Gasteiger partial charge in [0.25, 0.3) is 0 Å². The Kier molecular flexibility index (Phi) is 4.98. The summed E-state index contributed by atoms with van der Waals surface area (Å²) in [7, 11) is 1.32. The Balaban J connectivity index is 2.26. The van der Waals surface area contributed by atoms with Crippen LogP contribution in [0.4, 0.5) is 9.18 Å². The fourth-order valence-electron chi connectivity index (χ4n) is 2.56. The highest BCUT2D eigenvalue weighted by Gasteiger charge is 2.39. The van der Waals surface area contributed by atoms with Gasteiger partial charge in [0.15, 0.2) is 0 Å². The molecule has 0 aromatic carbocycles. The zero-order chi connectivity index (χ0) is 17.4. The maximum Gasteiger partial charge on any atom is 0.410 e. The van der Waals surface area contributed by atoms with Crippen molar-refractivity contribution in [3.63, 3.8) is 0 Å². The summed E-state index contributed by atoms with van der Waals surface area (Å²) in [5.41, 5.74) is -0.183. The van der Waals surface area contributed by atoms with E-state index < -0.39 is 29.9 Å². The largest absolute Gasteiger partial charge is 0.465 e. The molecule has 0 bridgehead atoms. The number of ether oxygens (including phenoxy) is 2.